The molecule has 1 amide bonds. The van der Waals surface area contributed by atoms with Gasteiger partial charge in [0.2, 0.25) is 0 Å². The Morgan fingerprint density at radius 2 is 1.92 bits per heavy atom. The molecule has 3 rings (SSSR count). The summed E-state index contributed by atoms with van der Waals surface area (Å²) in [6.07, 6.45) is 1.65. The highest BCUT2D eigenvalue weighted by atomic mass is 16.2. The molecule has 0 radical (unpaired) electrons. The molecule has 0 saturated carbocycles. The van der Waals surface area contributed by atoms with Crippen LogP contribution in [0.4, 0.5) is 5.82 Å². The first kappa shape index (κ1) is 16.0. The second kappa shape index (κ2) is 6.71. The number of benzene rings is 1. The van der Waals surface area contributed by atoms with Crippen molar-refractivity contribution in [3.63, 3.8) is 0 Å². The third-order valence-corrected chi connectivity index (χ3v) is 4.60. The van der Waals surface area contributed by atoms with E-state index in [0.717, 1.165) is 35.6 Å². The van der Waals surface area contributed by atoms with Crippen molar-refractivity contribution in [3.8, 4) is 6.07 Å². The number of aromatic nitrogens is 1. The van der Waals surface area contributed by atoms with Crippen LogP contribution in [0.15, 0.2) is 36.5 Å². The van der Waals surface area contributed by atoms with Crippen LogP contribution < -0.4 is 4.90 Å². The van der Waals surface area contributed by atoms with E-state index in [-0.39, 0.29) is 5.91 Å². The Morgan fingerprint density at radius 3 is 2.62 bits per heavy atom. The molecule has 24 heavy (non-hydrogen) atoms. The first-order chi connectivity index (χ1) is 11.6. The lowest BCUT2D eigenvalue weighted by atomic mass is 10.0. The molecule has 0 bridgehead atoms. The minimum Gasteiger partial charge on any atom is -0.353 e. The number of pyridine rings is 1. The summed E-state index contributed by atoms with van der Waals surface area (Å²) in [7, 11) is 0. The molecule has 5 nitrogen and oxygen atoms in total. The summed E-state index contributed by atoms with van der Waals surface area (Å²) >= 11 is 0. The van der Waals surface area contributed by atoms with Crippen molar-refractivity contribution in [2.45, 2.75) is 13.8 Å². The van der Waals surface area contributed by atoms with E-state index in [1.54, 1.807) is 18.3 Å². The predicted molar refractivity (Wildman–Crippen MR) is 93.0 cm³/mol. The molecule has 1 aliphatic heterocycles. The van der Waals surface area contributed by atoms with Gasteiger partial charge in [-0.3, -0.25) is 4.79 Å². The van der Waals surface area contributed by atoms with Crippen molar-refractivity contribution < 1.29 is 4.79 Å². The molecule has 1 fully saturated rings. The van der Waals surface area contributed by atoms with E-state index in [4.69, 9.17) is 5.26 Å². The molecule has 2 aromatic rings. The topological polar surface area (TPSA) is 60.2 Å². The van der Waals surface area contributed by atoms with Crippen LogP contribution in [-0.4, -0.2) is 42.0 Å². The van der Waals surface area contributed by atoms with E-state index in [0.29, 0.717) is 18.7 Å². The fourth-order valence-electron chi connectivity index (χ4n) is 2.95. The van der Waals surface area contributed by atoms with E-state index < -0.39 is 0 Å². The van der Waals surface area contributed by atoms with Crippen molar-refractivity contribution in [1.82, 2.24) is 9.88 Å². The summed E-state index contributed by atoms with van der Waals surface area (Å²) in [5.74, 6) is 0.891. The maximum absolute atomic E-state index is 12.8. The van der Waals surface area contributed by atoms with E-state index >= 15 is 0 Å². The van der Waals surface area contributed by atoms with Crippen molar-refractivity contribution in [2.24, 2.45) is 0 Å². The second-order valence-electron chi connectivity index (χ2n) is 6.04. The van der Waals surface area contributed by atoms with Gasteiger partial charge in [0.1, 0.15) is 5.82 Å². The molecule has 0 unspecified atom stereocenters. The average molecular weight is 320 g/mol. The lowest BCUT2D eigenvalue weighted by Gasteiger charge is -2.35. The minimum atomic E-state index is 0.0922. The van der Waals surface area contributed by atoms with Crippen LogP contribution in [0.1, 0.15) is 27.0 Å². The van der Waals surface area contributed by atoms with Gasteiger partial charge in [0.05, 0.1) is 11.6 Å². The number of aryl methyl sites for hydroxylation is 1. The van der Waals surface area contributed by atoms with Crippen molar-refractivity contribution >= 4 is 11.7 Å². The van der Waals surface area contributed by atoms with E-state index in [2.05, 4.69) is 16.0 Å². The molecule has 122 valence electrons. The summed E-state index contributed by atoms with van der Waals surface area (Å²) < 4.78 is 0. The predicted octanol–water partition coefficient (Wildman–Crippen LogP) is 2.53. The molecule has 0 atom stereocenters. The first-order valence-electron chi connectivity index (χ1n) is 8.07. The molecule has 1 aromatic carbocycles. The maximum Gasteiger partial charge on any atom is 0.254 e. The molecule has 5 heteroatoms. The summed E-state index contributed by atoms with van der Waals surface area (Å²) in [4.78, 5) is 21.1. The smallest absolute Gasteiger partial charge is 0.254 e. The van der Waals surface area contributed by atoms with Crippen LogP contribution in [0.5, 0.6) is 0 Å². The Balaban J connectivity index is 1.69. The molecular weight excluding hydrogens is 300 g/mol. The summed E-state index contributed by atoms with van der Waals surface area (Å²) in [6, 6.07) is 11.5. The second-order valence-corrected chi connectivity index (χ2v) is 6.04. The highest BCUT2D eigenvalue weighted by Gasteiger charge is 2.24. The van der Waals surface area contributed by atoms with Crippen LogP contribution in [0.3, 0.4) is 0 Å². The number of piperazine rings is 1. The summed E-state index contributed by atoms with van der Waals surface area (Å²) in [6.45, 7) is 6.78. The highest BCUT2D eigenvalue weighted by molar-refractivity contribution is 5.96. The monoisotopic (exact) mass is 320 g/mol. The van der Waals surface area contributed by atoms with Gasteiger partial charge in [0, 0.05) is 37.9 Å². The fraction of sp³-hybridized carbons (Fsp3) is 0.316. The molecule has 1 saturated heterocycles. The number of nitrogens with zero attached hydrogens (tertiary/aromatic N) is 4. The molecule has 0 aliphatic carbocycles. The standard InChI is InChI=1S/C19H20N4O/c1-14-4-3-5-17(15(14)2)19(24)23-10-8-22(9-11-23)18-12-16(13-20)6-7-21-18/h3-7,12H,8-11H2,1-2H3. The van der Waals surface area contributed by atoms with E-state index in [1.807, 2.05) is 36.9 Å². The van der Waals surface area contributed by atoms with Crippen LogP contribution >= 0.6 is 0 Å². The van der Waals surface area contributed by atoms with Gasteiger partial charge in [0.15, 0.2) is 0 Å². The lowest BCUT2D eigenvalue weighted by Crippen LogP contribution is -2.49. The zero-order valence-corrected chi connectivity index (χ0v) is 14.0. The number of nitriles is 1. The van der Waals surface area contributed by atoms with Gasteiger partial charge in [-0.2, -0.15) is 5.26 Å². The number of carbonyl (C=O) groups excluding carboxylic acids is 1. The molecule has 0 spiro atoms. The molecule has 2 heterocycles. The molecule has 1 aromatic heterocycles. The van der Waals surface area contributed by atoms with Crippen LogP contribution in [0.25, 0.3) is 0 Å². The minimum absolute atomic E-state index is 0.0922. The van der Waals surface area contributed by atoms with Crippen LogP contribution in [0.2, 0.25) is 0 Å². The molecule has 1 aliphatic rings. The van der Waals surface area contributed by atoms with E-state index in [1.165, 1.54) is 0 Å². The number of amides is 1. The lowest BCUT2D eigenvalue weighted by molar-refractivity contribution is 0.0745. The third kappa shape index (κ3) is 3.09. The van der Waals surface area contributed by atoms with Crippen molar-refractivity contribution in [1.29, 1.82) is 5.26 Å². The first-order valence-corrected chi connectivity index (χ1v) is 8.07. The Bertz CT molecular complexity index is 801. The van der Waals surface area contributed by atoms with Gasteiger partial charge in [0.25, 0.3) is 5.91 Å². The number of anilines is 1. The number of carbonyl (C=O) groups is 1. The van der Waals surface area contributed by atoms with Crippen LogP contribution in [0, 0.1) is 25.2 Å². The maximum atomic E-state index is 12.8. The SMILES string of the molecule is Cc1cccc(C(=O)N2CCN(c3cc(C#N)ccn3)CC2)c1C. The number of hydrogen-bond acceptors (Lipinski definition) is 4. The zero-order chi connectivity index (χ0) is 17.1. The Kier molecular flexibility index (Phi) is 4.48. The molecule has 0 N–H and O–H groups in total. The van der Waals surface area contributed by atoms with Gasteiger partial charge < -0.3 is 9.80 Å². The summed E-state index contributed by atoms with van der Waals surface area (Å²) in [5.41, 5.74) is 3.58. The Hall–Kier alpha value is -2.87. The normalized spacial score (nSPS) is 14.4. The van der Waals surface area contributed by atoms with Gasteiger partial charge in [-0.1, -0.05) is 12.1 Å². The highest BCUT2D eigenvalue weighted by Crippen LogP contribution is 2.18. The van der Waals surface area contributed by atoms with E-state index in [9.17, 15) is 4.79 Å². The quantitative estimate of drug-likeness (QED) is 0.853. The van der Waals surface area contributed by atoms with Gasteiger partial charge >= 0.3 is 0 Å². The number of hydrogen-bond donors (Lipinski definition) is 0. The zero-order valence-electron chi connectivity index (χ0n) is 14.0. The Morgan fingerprint density at radius 1 is 1.17 bits per heavy atom. The Labute approximate surface area is 142 Å². The average Bonchev–Trinajstić information content (AvgIpc) is 2.63. The van der Waals surface area contributed by atoms with Crippen molar-refractivity contribution in [3.05, 3.63) is 58.8 Å². The number of rotatable bonds is 2. The summed E-state index contributed by atoms with van der Waals surface area (Å²) in [5, 5.41) is 9.00. The fourth-order valence-corrected chi connectivity index (χ4v) is 2.95. The molecular formula is C19H20N4O. The van der Waals surface area contributed by atoms with Crippen LogP contribution in [-0.2, 0) is 0 Å². The largest absolute Gasteiger partial charge is 0.353 e. The third-order valence-electron chi connectivity index (χ3n) is 4.60. The van der Waals surface area contributed by atoms with Crippen molar-refractivity contribution in [2.75, 3.05) is 31.1 Å². The van der Waals surface area contributed by atoms with Gasteiger partial charge in [-0.15, -0.1) is 0 Å². The van der Waals surface area contributed by atoms with Gasteiger partial charge in [-0.05, 0) is 43.2 Å². The van der Waals surface area contributed by atoms with Gasteiger partial charge in [-0.25, -0.2) is 4.98 Å².